The topological polar surface area (TPSA) is 7.12 Å². The number of aryl methyl sites for hydroxylation is 1. The van der Waals surface area contributed by atoms with E-state index in [2.05, 4.69) is 106 Å². The van der Waals surface area contributed by atoms with Crippen LogP contribution in [0.4, 0.5) is 5.69 Å². The molecule has 2 heterocycles. The van der Waals surface area contributed by atoms with E-state index in [4.69, 9.17) is 0 Å². The standard InChI is InChI=1S/C25H28IN2S/c1-2-27-18-15-20(21-11-5-6-12-22(21)27)19-25-28(17-10-4-3-9-16-26)23-13-7-8-14-24(23)29-25/h5-8,11-15,18-19H,2-4,9-10,16-17H2,1H3/q+1. The van der Waals surface area contributed by atoms with E-state index in [-0.39, 0.29) is 0 Å². The molecule has 0 unspecified atom stereocenters. The van der Waals surface area contributed by atoms with Crippen LogP contribution in [0.15, 0.2) is 70.7 Å². The first-order valence-electron chi connectivity index (χ1n) is 10.5. The van der Waals surface area contributed by atoms with Gasteiger partial charge in [0.05, 0.1) is 16.1 Å². The molecule has 1 aliphatic rings. The van der Waals surface area contributed by atoms with Crippen molar-refractivity contribution in [3.05, 3.63) is 71.4 Å². The van der Waals surface area contributed by atoms with E-state index < -0.39 is 0 Å². The first kappa shape index (κ1) is 20.7. The fourth-order valence-corrected chi connectivity index (χ4v) is 5.63. The molecule has 0 bridgehead atoms. The molecule has 0 aliphatic carbocycles. The summed E-state index contributed by atoms with van der Waals surface area (Å²) >= 11 is 4.39. The maximum Gasteiger partial charge on any atom is 0.213 e. The first-order chi connectivity index (χ1) is 14.3. The normalized spacial score (nSPS) is 14.7. The average Bonchev–Trinajstić information content (AvgIpc) is 3.11. The van der Waals surface area contributed by atoms with Crippen LogP contribution in [0.5, 0.6) is 0 Å². The number of halogens is 1. The van der Waals surface area contributed by atoms with E-state index in [9.17, 15) is 0 Å². The van der Waals surface area contributed by atoms with E-state index in [1.165, 1.54) is 62.2 Å². The van der Waals surface area contributed by atoms with Gasteiger partial charge < -0.3 is 4.90 Å². The van der Waals surface area contributed by atoms with Crippen molar-refractivity contribution < 1.29 is 4.57 Å². The van der Waals surface area contributed by atoms with Gasteiger partial charge in [-0.2, -0.15) is 4.57 Å². The maximum absolute atomic E-state index is 2.53. The SMILES string of the molecule is CC[n+]1ccc(/C=C2\Sc3ccccc3N2CCCCCCI)c2ccccc21. The van der Waals surface area contributed by atoms with Gasteiger partial charge in [0.1, 0.15) is 6.54 Å². The molecule has 0 N–H and O–H groups in total. The summed E-state index contributed by atoms with van der Waals surface area (Å²) < 4.78 is 3.59. The third-order valence-electron chi connectivity index (χ3n) is 5.48. The number of unbranched alkanes of at least 4 members (excludes halogenated alkanes) is 3. The fourth-order valence-electron chi connectivity index (χ4n) is 3.95. The zero-order valence-electron chi connectivity index (χ0n) is 17.0. The number of aromatic nitrogens is 1. The summed E-state index contributed by atoms with van der Waals surface area (Å²) in [6.07, 6.45) is 9.83. The van der Waals surface area contributed by atoms with Crippen LogP contribution in [0.3, 0.4) is 0 Å². The Balaban J connectivity index is 1.66. The molecule has 1 aliphatic heterocycles. The molecular weight excluding hydrogens is 487 g/mol. The predicted octanol–water partition coefficient (Wildman–Crippen LogP) is 7.05. The minimum atomic E-state index is 0.987. The van der Waals surface area contributed by atoms with Crippen LogP contribution in [0, 0.1) is 0 Å². The van der Waals surface area contributed by atoms with Gasteiger partial charge in [-0.1, -0.05) is 71.5 Å². The van der Waals surface area contributed by atoms with Crippen molar-refractivity contribution in [3.63, 3.8) is 0 Å². The number of alkyl halides is 1. The highest BCUT2D eigenvalue weighted by molar-refractivity contribution is 14.1. The Labute approximate surface area is 192 Å². The Kier molecular flexibility index (Phi) is 7.14. The van der Waals surface area contributed by atoms with Gasteiger partial charge in [0.15, 0.2) is 6.20 Å². The van der Waals surface area contributed by atoms with Gasteiger partial charge in [-0.25, -0.2) is 0 Å². The number of thioether (sulfide) groups is 1. The van der Waals surface area contributed by atoms with Crippen molar-refractivity contribution >= 4 is 57.0 Å². The van der Waals surface area contributed by atoms with Gasteiger partial charge in [0.25, 0.3) is 0 Å². The third kappa shape index (κ3) is 4.64. The second-order valence-electron chi connectivity index (χ2n) is 7.38. The molecule has 2 nitrogen and oxygen atoms in total. The minimum Gasteiger partial charge on any atom is -0.335 e. The van der Waals surface area contributed by atoms with Crippen LogP contribution in [-0.4, -0.2) is 11.0 Å². The van der Waals surface area contributed by atoms with Crippen molar-refractivity contribution in [2.75, 3.05) is 15.9 Å². The van der Waals surface area contributed by atoms with E-state index in [0.29, 0.717) is 0 Å². The Morgan fingerprint density at radius 1 is 0.966 bits per heavy atom. The summed E-state index contributed by atoms with van der Waals surface area (Å²) in [5, 5.41) is 2.67. The summed E-state index contributed by atoms with van der Waals surface area (Å²) in [7, 11) is 0. The summed E-state index contributed by atoms with van der Waals surface area (Å²) in [5.74, 6) is 0. The number of anilines is 1. The van der Waals surface area contributed by atoms with Crippen molar-refractivity contribution in [3.8, 4) is 0 Å². The molecule has 150 valence electrons. The molecule has 1 aromatic heterocycles. The van der Waals surface area contributed by atoms with Gasteiger partial charge in [-0.15, -0.1) is 0 Å². The lowest BCUT2D eigenvalue weighted by atomic mass is 10.1. The molecule has 3 aromatic rings. The minimum absolute atomic E-state index is 0.987. The van der Waals surface area contributed by atoms with E-state index in [1.807, 2.05) is 11.8 Å². The monoisotopic (exact) mass is 515 g/mol. The highest BCUT2D eigenvalue weighted by Crippen LogP contribution is 2.46. The number of hydrogen-bond donors (Lipinski definition) is 0. The first-order valence-corrected chi connectivity index (χ1v) is 12.9. The number of rotatable bonds is 8. The largest absolute Gasteiger partial charge is 0.335 e. The number of fused-ring (bicyclic) bond motifs is 2. The van der Waals surface area contributed by atoms with Crippen molar-refractivity contribution in [1.82, 2.24) is 0 Å². The quantitative estimate of drug-likeness (QED) is 0.137. The number of nitrogens with zero attached hydrogens (tertiary/aromatic N) is 2. The van der Waals surface area contributed by atoms with Gasteiger partial charge in [-0.05, 0) is 54.0 Å². The Morgan fingerprint density at radius 2 is 1.76 bits per heavy atom. The Morgan fingerprint density at radius 3 is 2.62 bits per heavy atom. The zero-order valence-corrected chi connectivity index (χ0v) is 20.0. The van der Waals surface area contributed by atoms with Gasteiger partial charge in [0.2, 0.25) is 5.52 Å². The number of benzene rings is 2. The lowest BCUT2D eigenvalue weighted by molar-refractivity contribution is -0.667. The maximum atomic E-state index is 2.53. The number of pyridine rings is 1. The second kappa shape index (κ2) is 9.98. The highest BCUT2D eigenvalue weighted by Gasteiger charge is 2.24. The molecule has 0 amide bonds. The van der Waals surface area contributed by atoms with E-state index >= 15 is 0 Å². The van der Waals surface area contributed by atoms with Crippen LogP contribution < -0.4 is 9.47 Å². The van der Waals surface area contributed by atoms with E-state index in [0.717, 1.165) is 13.1 Å². The highest BCUT2D eigenvalue weighted by atomic mass is 127. The van der Waals surface area contributed by atoms with Gasteiger partial charge in [0, 0.05) is 23.6 Å². The van der Waals surface area contributed by atoms with Crippen molar-refractivity contribution in [2.24, 2.45) is 0 Å². The van der Waals surface area contributed by atoms with Crippen LogP contribution >= 0.6 is 34.4 Å². The summed E-state index contributed by atoms with van der Waals surface area (Å²) in [5.41, 5.74) is 3.97. The molecule has 4 rings (SSSR count). The molecule has 0 spiro atoms. The Bertz CT molecular complexity index is 1010. The number of hydrogen-bond acceptors (Lipinski definition) is 2. The molecule has 2 aromatic carbocycles. The Hall–Kier alpha value is -1.53. The average molecular weight is 515 g/mol. The molecule has 4 heteroatoms. The van der Waals surface area contributed by atoms with Crippen LogP contribution in [0.2, 0.25) is 0 Å². The van der Waals surface area contributed by atoms with Crippen LogP contribution in [0.1, 0.15) is 38.2 Å². The fraction of sp³-hybridized carbons (Fsp3) is 0.320. The van der Waals surface area contributed by atoms with Crippen LogP contribution in [0.25, 0.3) is 17.0 Å². The third-order valence-corrected chi connectivity index (χ3v) is 7.36. The van der Waals surface area contributed by atoms with Gasteiger partial charge >= 0.3 is 0 Å². The van der Waals surface area contributed by atoms with Crippen LogP contribution in [-0.2, 0) is 6.54 Å². The number of para-hydroxylation sites is 2. The smallest absolute Gasteiger partial charge is 0.213 e. The molecule has 0 saturated heterocycles. The molecule has 0 saturated carbocycles. The second-order valence-corrected chi connectivity index (χ2v) is 9.52. The summed E-state index contributed by atoms with van der Waals surface area (Å²) in [6.45, 7) is 4.28. The summed E-state index contributed by atoms with van der Waals surface area (Å²) in [4.78, 5) is 3.90. The van der Waals surface area contributed by atoms with E-state index in [1.54, 1.807) is 0 Å². The molecule has 0 atom stereocenters. The predicted molar refractivity (Wildman–Crippen MR) is 135 cm³/mol. The molecule has 29 heavy (non-hydrogen) atoms. The lowest BCUT2D eigenvalue weighted by Crippen LogP contribution is -2.32. The van der Waals surface area contributed by atoms with Gasteiger partial charge in [-0.3, -0.25) is 0 Å². The van der Waals surface area contributed by atoms with Crippen molar-refractivity contribution in [1.29, 1.82) is 0 Å². The molecule has 0 fully saturated rings. The lowest BCUT2D eigenvalue weighted by Gasteiger charge is -2.20. The molecular formula is C25H28IN2S+. The molecule has 0 radical (unpaired) electrons. The van der Waals surface area contributed by atoms with Crippen molar-refractivity contribution in [2.45, 2.75) is 44.0 Å². The zero-order chi connectivity index (χ0) is 20.1. The summed E-state index contributed by atoms with van der Waals surface area (Å²) in [6, 6.07) is 19.8.